The van der Waals surface area contributed by atoms with Gasteiger partial charge in [-0.1, -0.05) is 13.8 Å². The van der Waals surface area contributed by atoms with Crippen molar-refractivity contribution in [2.75, 3.05) is 19.8 Å². The molecule has 0 radical (unpaired) electrons. The van der Waals surface area contributed by atoms with E-state index in [9.17, 15) is 0 Å². The largest absolute Gasteiger partial charge is 0.381 e. The summed E-state index contributed by atoms with van der Waals surface area (Å²) < 4.78 is 5.73. The molecule has 2 heterocycles. The van der Waals surface area contributed by atoms with Crippen molar-refractivity contribution in [1.82, 2.24) is 10.3 Å². The van der Waals surface area contributed by atoms with E-state index in [1.165, 1.54) is 17.8 Å². The molecule has 3 nitrogen and oxygen atoms in total. The Balaban J connectivity index is 2.03. The Hall–Kier alpha value is -0.450. The van der Waals surface area contributed by atoms with E-state index in [0.717, 1.165) is 31.9 Å². The van der Waals surface area contributed by atoms with Gasteiger partial charge in [0.15, 0.2) is 0 Å². The molecule has 1 unspecified atom stereocenters. The van der Waals surface area contributed by atoms with Crippen LogP contribution in [-0.2, 0) is 11.2 Å². The maximum Gasteiger partial charge on any atom is 0.0935 e. The lowest BCUT2D eigenvalue weighted by Gasteiger charge is -2.37. The quantitative estimate of drug-likeness (QED) is 0.891. The Morgan fingerprint density at radius 3 is 2.94 bits per heavy atom. The van der Waals surface area contributed by atoms with Gasteiger partial charge in [0.1, 0.15) is 0 Å². The number of nitrogens with one attached hydrogen (secondary N) is 1. The van der Waals surface area contributed by atoms with Crippen molar-refractivity contribution < 1.29 is 4.74 Å². The second kappa shape index (κ2) is 6.13. The number of thiazole rings is 1. The van der Waals surface area contributed by atoms with Crippen LogP contribution in [-0.4, -0.2) is 30.8 Å². The molecular weight excluding hydrogens is 244 g/mol. The minimum absolute atomic E-state index is 0.243. The smallest absolute Gasteiger partial charge is 0.0935 e. The molecule has 1 aliphatic rings. The highest BCUT2D eigenvalue weighted by atomic mass is 32.1. The second-order valence-electron chi connectivity index (χ2n) is 5.75. The van der Waals surface area contributed by atoms with Gasteiger partial charge in [0.25, 0.3) is 0 Å². The fourth-order valence-electron chi connectivity index (χ4n) is 2.48. The van der Waals surface area contributed by atoms with E-state index in [4.69, 9.17) is 4.74 Å². The number of aromatic nitrogens is 1. The van der Waals surface area contributed by atoms with Gasteiger partial charge in [-0.2, -0.15) is 0 Å². The molecule has 0 bridgehead atoms. The van der Waals surface area contributed by atoms with Crippen LogP contribution in [0.4, 0.5) is 0 Å². The van der Waals surface area contributed by atoms with E-state index in [-0.39, 0.29) is 5.41 Å². The monoisotopic (exact) mass is 268 g/mol. The molecule has 1 saturated heterocycles. The Morgan fingerprint density at radius 1 is 1.56 bits per heavy atom. The van der Waals surface area contributed by atoms with Crippen molar-refractivity contribution in [3.05, 3.63) is 16.1 Å². The predicted molar refractivity (Wildman–Crippen MR) is 76.2 cm³/mol. The molecule has 102 valence electrons. The number of ether oxygens (including phenoxy) is 1. The van der Waals surface area contributed by atoms with Crippen LogP contribution in [0.1, 0.15) is 37.4 Å². The van der Waals surface area contributed by atoms with Gasteiger partial charge in [-0.25, -0.2) is 4.98 Å². The summed E-state index contributed by atoms with van der Waals surface area (Å²) in [5.41, 5.74) is 1.38. The molecule has 2 rings (SSSR count). The third-order valence-electron chi connectivity index (χ3n) is 3.48. The van der Waals surface area contributed by atoms with Crippen LogP contribution in [0.2, 0.25) is 0 Å². The highest BCUT2D eigenvalue weighted by Gasteiger charge is 2.34. The minimum Gasteiger partial charge on any atom is -0.381 e. The Morgan fingerprint density at radius 2 is 2.39 bits per heavy atom. The third kappa shape index (κ3) is 3.77. The van der Waals surface area contributed by atoms with E-state index < -0.39 is 0 Å². The number of hydrogen-bond donors (Lipinski definition) is 1. The lowest BCUT2D eigenvalue weighted by molar-refractivity contribution is -0.00805. The molecule has 0 aliphatic carbocycles. The molecule has 4 heteroatoms. The van der Waals surface area contributed by atoms with E-state index in [1.54, 1.807) is 11.3 Å². The van der Waals surface area contributed by atoms with Gasteiger partial charge in [0.05, 0.1) is 11.6 Å². The first-order valence-electron chi connectivity index (χ1n) is 6.82. The zero-order valence-electron chi connectivity index (χ0n) is 11.7. The van der Waals surface area contributed by atoms with Gasteiger partial charge < -0.3 is 10.1 Å². The summed E-state index contributed by atoms with van der Waals surface area (Å²) in [5.74, 6) is 0. The topological polar surface area (TPSA) is 34.1 Å². The molecule has 1 fully saturated rings. The van der Waals surface area contributed by atoms with Crippen molar-refractivity contribution in [3.8, 4) is 0 Å². The fraction of sp³-hybridized carbons (Fsp3) is 0.786. The second-order valence-corrected chi connectivity index (χ2v) is 6.69. The number of nitrogens with zero attached hydrogens (tertiary/aromatic N) is 1. The van der Waals surface area contributed by atoms with Crippen molar-refractivity contribution in [1.29, 1.82) is 0 Å². The van der Waals surface area contributed by atoms with Crippen molar-refractivity contribution in [2.24, 2.45) is 5.41 Å². The molecular formula is C14H24N2OS. The Labute approximate surface area is 114 Å². The minimum atomic E-state index is 0.243. The van der Waals surface area contributed by atoms with Gasteiger partial charge in [-0.3, -0.25) is 0 Å². The van der Waals surface area contributed by atoms with Crippen LogP contribution in [0.3, 0.4) is 0 Å². The average Bonchev–Trinajstić information content (AvgIpc) is 2.73. The zero-order chi connectivity index (χ0) is 13.0. The molecule has 1 N–H and O–H groups in total. The number of hydrogen-bond acceptors (Lipinski definition) is 4. The number of aryl methyl sites for hydroxylation is 1. The molecule has 0 aromatic carbocycles. The molecule has 0 amide bonds. The van der Waals surface area contributed by atoms with Crippen molar-refractivity contribution >= 4 is 11.3 Å². The molecule has 18 heavy (non-hydrogen) atoms. The lowest BCUT2D eigenvalue weighted by atomic mass is 9.79. The Kier molecular flexibility index (Phi) is 4.76. The molecule has 0 saturated carbocycles. The highest BCUT2D eigenvalue weighted by Crippen LogP contribution is 2.33. The molecule has 0 spiro atoms. The normalized spacial score (nSPS) is 24.7. The van der Waals surface area contributed by atoms with Gasteiger partial charge in [-0.15, -0.1) is 11.3 Å². The summed E-state index contributed by atoms with van der Waals surface area (Å²) in [4.78, 5) is 4.61. The summed E-state index contributed by atoms with van der Waals surface area (Å²) in [6, 6.07) is 0.529. The van der Waals surface area contributed by atoms with Gasteiger partial charge in [0, 0.05) is 42.1 Å². The summed E-state index contributed by atoms with van der Waals surface area (Å²) in [5, 5.41) is 6.97. The third-order valence-corrected chi connectivity index (χ3v) is 4.45. The summed E-state index contributed by atoms with van der Waals surface area (Å²) in [6.45, 7) is 9.28. The van der Waals surface area contributed by atoms with Gasteiger partial charge in [-0.05, 0) is 19.8 Å². The van der Waals surface area contributed by atoms with E-state index in [1.807, 2.05) is 0 Å². The summed E-state index contributed by atoms with van der Waals surface area (Å²) >= 11 is 1.78. The zero-order valence-corrected chi connectivity index (χ0v) is 12.5. The van der Waals surface area contributed by atoms with Crippen LogP contribution in [0, 0.1) is 12.3 Å². The Bertz CT molecular complexity index is 370. The standard InChI is InChI=1S/C14H24N2OS/c1-11(2)15-9-14(5-4-6-17-10-14)7-13-16-12(3)8-18-13/h8,11,15H,4-7,9-10H2,1-3H3. The van der Waals surface area contributed by atoms with Gasteiger partial charge in [0.2, 0.25) is 0 Å². The first-order chi connectivity index (χ1) is 8.60. The van der Waals surface area contributed by atoms with Crippen LogP contribution < -0.4 is 5.32 Å². The van der Waals surface area contributed by atoms with Crippen LogP contribution in [0.25, 0.3) is 0 Å². The molecule has 1 aromatic heterocycles. The van der Waals surface area contributed by atoms with E-state index in [2.05, 4.69) is 36.5 Å². The van der Waals surface area contributed by atoms with E-state index in [0.29, 0.717) is 6.04 Å². The van der Waals surface area contributed by atoms with Crippen LogP contribution in [0.15, 0.2) is 5.38 Å². The molecule has 1 aliphatic heterocycles. The SMILES string of the molecule is Cc1csc(CC2(CNC(C)C)CCCOC2)n1. The number of rotatable bonds is 5. The molecule has 1 aromatic rings. The lowest BCUT2D eigenvalue weighted by Crippen LogP contribution is -2.44. The van der Waals surface area contributed by atoms with Crippen LogP contribution in [0.5, 0.6) is 0 Å². The average molecular weight is 268 g/mol. The molecule has 1 atom stereocenters. The maximum atomic E-state index is 5.73. The van der Waals surface area contributed by atoms with Crippen molar-refractivity contribution in [2.45, 2.75) is 46.1 Å². The first kappa shape index (κ1) is 14.0. The maximum absolute atomic E-state index is 5.73. The van der Waals surface area contributed by atoms with E-state index >= 15 is 0 Å². The first-order valence-corrected chi connectivity index (χ1v) is 7.70. The van der Waals surface area contributed by atoms with Crippen LogP contribution >= 0.6 is 11.3 Å². The van der Waals surface area contributed by atoms with Crippen molar-refractivity contribution in [3.63, 3.8) is 0 Å². The predicted octanol–water partition coefficient (Wildman–Crippen LogP) is 2.79. The van der Waals surface area contributed by atoms with Gasteiger partial charge >= 0.3 is 0 Å². The fourth-order valence-corrected chi connectivity index (χ4v) is 3.42. The summed E-state index contributed by atoms with van der Waals surface area (Å²) in [7, 11) is 0. The highest BCUT2D eigenvalue weighted by molar-refractivity contribution is 7.09. The summed E-state index contributed by atoms with van der Waals surface area (Å²) in [6.07, 6.45) is 3.46.